The lowest BCUT2D eigenvalue weighted by Crippen LogP contribution is -2.31. The summed E-state index contributed by atoms with van der Waals surface area (Å²) >= 11 is 0. The summed E-state index contributed by atoms with van der Waals surface area (Å²) in [4.78, 5) is 12.4. The van der Waals surface area contributed by atoms with E-state index in [0.29, 0.717) is 5.56 Å². The maximum Gasteiger partial charge on any atom is 0.258 e. The number of carbonyl (C=O) groups is 1. The van der Waals surface area contributed by atoms with E-state index in [1.807, 2.05) is 0 Å². The molecule has 8 nitrogen and oxygen atoms in total. The van der Waals surface area contributed by atoms with Gasteiger partial charge in [0.25, 0.3) is 5.91 Å². The van der Waals surface area contributed by atoms with Crippen LogP contribution >= 0.6 is 0 Å². The molecule has 0 aromatic heterocycles. The first-order chi connectivity index (χ1) is 13.9. The van der Waals surface area contributed by atoms with Crippen molar-refractivity contribution in [2.45, 2.75) is 25.7 Å². The quantitative estimate of drug-likeness (QED) is 0.633. The van der Waals surface area contributed by atoms with Gasteiger partial charge in [-0.3, -0.25) is 9.52 Å². The molecule has 164 valence electrons. The first kappa shape index (κ1) is 23.8. The number of rotatable bonds is 8. The Kier molecular flexibility index (Phi) is 7.22. The number of hydrogen-bond acceptors (Lipinski definition) is 5. The molecule has 11 heteroatoms. The number of sulfonamides is 2. The average Bonchev–Trinajstić information content (AvgIpc) is 2.64. The molecule has 2 N–H and O–H groups in total. The van der Waals surface area contributed by atoms with Crippen molar-refractivity contribution in [2.24, 2.45) is 0 Å². The van der Waals surface area contributed by atoms with Gasteiger partial charge in [0.2, 0.25) is 20.0 Å². The number of carbonyl (C=O) groups excluding carboxylic acids is 1. The fourth-order valence-electron chi connectivity index (χ4n) is 2.76. The molecule has 0 fully saturated rings. The largest absolute Gasteiger partial charge is 0.322 e. The van der Waals surface area contributed by atoms with Crippen molar-refractivity contribution in [1.29, 1.82) is 0 Å². The van der Waals surface area contributed by atoms with Crippen LogP contribution in [0.5, 0.6) is 0 Å². The molecule has 0 aliphatic carbocycles. The minimum Gasteiger partial charge on any atom is -0.322 e. The molecule has 2 aromatic rings. The third-order valence-electron chi connectivity index (χ3n) is 4.32. The van der Waals surface area contributed by atoms with Gasteiger partial charge in [0.1, 0.15) is 5.82 Å². The zero-order valence-electron chi connectivity index (χ0n) is 17.1. The van der Waals surface area contributed by atoms with Crippen molar-refractivity contribution in [3.05, 3.63) is 53.3 Å². The van der Waals surface area contributed by atoms with E-state index in [4.69, 9.17) is 0 Å². The Morgan fingerprint density at radius 2 is 1.67 bits per heavy atom. The van der Waals surface area contributed by atoms with Crippen molar-refractivity contribution >= 4 is 37.3 Å². The molecule has 0 atom stereocenters. The van der Waals surface area contributed by atoms with Crippen LogP contribution in [0.4, 0.5) is 15.8 Å². The highest BCUT2D eigenvalue weighted by molar-refractivity contribution is 7.92. The molecule has 0 radical (unpaired) electrons. The highest BCUT2D eigenvalue weighted by Crippen LogP contribution is 2.23. The van der Waals surface area contributed by atoms with Gasteiger partial charge in [0, 0.05) is 18.8 Å². The van der Waals surface area contributed by atoms with Gasteiger partial charge in [0.15, 0.2) is 0 Å². The number of aryl methyl sites for hydroxylation is 1. The maximum atomic E-state index is 14.3. The zero-order valence-corrected chi connectivity index (χ0v) is 18.7. The number of amides is 1. The van der Waals surface area contributed by atoms with E-state index in [-0.39, 0.29) is 29.4 Å². The minimum atomic E-state index is -3.87. The summed E-state index contributed by atoms with van der Waals surface area (Å²) in [6.07, 6.45) is 0.995. The van der Waals surface area contributed by atoms with Crippen LogP contribution in [0.3, 0.4) is 0 Å². The topological polar surface area (TPSA) is 113 Å². The van der Waals surface area contributed by atoms with Crippen molar-refractivity contribution in [3.8, 4) is 0 Å². The monoisotopic (exact) mass is 457 g/mol. The summed E-state index contributed by atoms with van der Waals surface area (Å²) < 4.78 is 66.1. The van der Waals surface area contributed by atoms with Crippen molar-refractivity contribution in [2.75, 3.05) is 29.4 Å². The molecule has 0 unspecified atom stereocenters. The summed E-state index contributed by atoms with van der Waals surface area (Å²) in [5.74, 6) is -1.74. The Labute approximate surface area is 176 Å². The Hall–Kier alpha value is -2.50. The van der Waals surface area contributed by atoms with Crippen molar-refractivity contribution < 1.29 is 26.0 Å². The lowest BCUT2D eigenvalue weighted by Gasteiger charge is -2.19. The highest BCUT2D eigenvalue weighted by Gasteiger charge is 2.24. The molecule has 0 saturated heterocycles. The smallest absolute Gasteiger partial charge is 0.258 e. The SMILES string of the molecule is CCN(CC)S(=O)(=O)c1ccc(F)c(C(=O)Nc2ccc(C)c(NS(C)(=O)=O)c2)c1. The summed E-state index contributed by atoms with van der Waals surface area (Å²) in [7, 11) is -7.40. The zero-order chi connectivity index (χ0) is 22.7. The summed E-state index contributed by atoms with van der Waals surface area (Å²) in [6, 6.07) is 7.53. The minimum absolute atomic E-state index is 0.193. The van der Waals surface area contributed by atoms with E-state index < -0.39 is 37.3 Å². The summed E-state index contributed by atoms with van der Waals surface area (Å²) in [5.41, 5.74) is 0.653. The van der Waals surface area contributed by atoms with Gasteiger partial charge in [-0.2, -0.15) is 4.31 Å². The average molecular weight is 458 g/mol. The molecule has 2 aromatic carbocycles. The van der Waals surface area contributed by atoms with Gasteiger partial charge < -0.3 is 5.32 Å². The third kappa shape index (κ3) is 5.55. The number of anilines is 2. The maximum absolute atomic E-state index is 14.3. The second-order valence-electron chi connectivity index (χ2n) is 6.59. The van der Waals surface area contributed by atoms with Crippen molar-refractivity contribution in [1.82, 2.24) is 4.31 Å². The molecule has 30 heavy (non-hydrogen) atoms. The molecular weight excluding hydrogens is 433 g/mol. The molecule has 0 saturated carbocycles. The third-order valence-corrected chi connectivity index (χ3v) is 6.95. The molecule has 0 heterocycles. The fraction of sp³-hybridized carbons (Fsp3) is 0.316. The molecule has 2 rings (SSSR count). The normalized spacial score (nSPS) is 12.1. The van der Waals surface area contributed by atoms with E-state index in [1.165, 1.54) is 16.4 Å². The van der Waals surface area contributed by atoms with Gasteiger partial charge in [-0.1, -0.05) is 19.9 Å². The van der Waals surface area contributed by atoms with Gasteiger partial charge in [-0.25, -0.2) is 21.2 Å². The Balaban J connectivity index is 2.38. The van der Waals surface area contributed by atoms with Crippen LogP contribution in [-0.4, -0.2) is 46.4 Å². The summed E-state index contributed by atoms with van der Waals surface area (Å²) in [5, 5.41) is 2.47. The van der Waals surface area contributed by atoms with Gasteiger partial charge in [0.05, 0.1) is 22.4 Å². The lowest BCUT2D eigenvalue weighted by atomic mass is 10.1. The molecule has 0 bridgehead atoms. The Morgan fingerprint density at radius 1 is 1.03 bits per heavy atom. The van der Waals surface area contributed by atoms with E-state index >= 15 is 0 Å². The van der Waals surface area contributed by atoms with Gasteiger partial charge in [-0.05, 0) is 42.8 Å². The number of nitrogens with one attached hydrogen (secondary N) is 2. The first-order valence-electron chi connectivity index (χ1n) is 9.08. The van der Waals surface area contributed by atoms with E-state index in [2.05, 4.69) is 10.0 Å². The second-order valence-corrected chi connectivity index (χ2v) is 10.3. The second kappa shape index (κ2) is 9.11. The Bertz CT molecular complexity index is 1160. The lowest BCUT2D eigenvalue weighted by molar-refractivity contribution is 0.102. The van der Waals surface area contributed by atoms with Crippen LogP contribution in [0.25, 0.3) is 0 Å². The van der Waals surface area contributed by atoms with Crippen LogP contribution in [0.2, 0.25) is 0 Å². The van der Waals surface area contributed by atoms with Crippen LogP contribution in [-0.2, 0) is 20.0 Å². The van der Waals surface area contributed by atoms with Crippen molar-refractivity contribution in [3.63, 3.8) is 0 Å². The molecule has 0 aliphatic rings. The summed E-state index contributed by atoms with van der Waals surface area (Å²) in [6.45, 7) is 5.50. The predicted octanol–water partition coefficient (Wildman–Crippen LogP) is 2.79. The standard InChI is InChI=1S/C19H24FN3O5S2/c1-5-23(6-2)30(27,28)15-9-10-17(20)16(12-15)19(24)21-14-8-7-13(3)18(11-14)22-29(4,25)26/h7-12,22H,5-6H2,1-4H3,(H,21,24). The van der Waals surface area contributed by atoms with Crippen LogP contribution in [0.1, 0.15) is 29.8 Å². The Morgan fingerprint density at radius 3 is 2.23 bits per heavy atom. The fourth-order valence-corrected chi connectivity index (χ4v) is 4.86. The highest BCUT2D eigenvalue weighted by atomic mass is 32.2. The number of halogens is 1. The van der Waals surface area contributed by atoms with Crippen LogP contribution < -0.4 is 10.0 Å². The number of benzene rings is 2. The number of nitrogens with zero attached hydrogens (tertiary/aromatic N) is 1. The molecular formula is C19H24FN3O5S2. The molecule has 0 aliphatic heterocycles. The van der Waals surface area contributed by atoms with Gasteiger partial charge >= 0.3 is 0 Å². The van der Waals surface area contributed by atoms with E-state index in [1.54, 1.807) is 26.8 Å². The van der Waals surface area contributed by atoms with Crippen LogP contribution in [0, 0.1) is 12.7 Å². The predicted molar refractivity (Wildman–Crippen MR) is 114 cm³/mol. The van der Waals surface area contributed by atoms with Gasteiger partial charge in [-0.15, -0.1) is 0 Å². The van der Waals surface area contributed by atoms with E-state index in [9.17, 15) is 26.0 Å². The molecule has 0 spiro atoms. The first-order valence-corrected chi connectivity index (χ1v) is 12.4. The van der Waals surface area contributed by atoms with Crippen LogP contribution in [0.15, 0.2) is 41.3 Å². The molecule has 1 amide bonds. The van der Waals surface area contributed by atoms with E-state index in [0.717, 1.165) is 24.5 Å². The number of hydrogen-bond donors (Lipinski definition) is 2.